The molecule has 0 fully saturated rings. The molecule has 4 rings (SSSR count). The fraction of sp³-hybridized carbons (Fsp3) is 0.609. The molecule has 0 saturated carbocycles. The van der Waals surface area contributed by atoms with Crippen LogP contribution in [0, 0.1) is 0 Å². The Kier molecular flexibility index (Phi) is 18.7. The van der Waals surface area contributed by atoms with Crippen LogP contribution in [0.15, 0.2) is 36.4 Å². The summed E-state index contributed by atoms with van der Waals surface area (Å²) in [6, 6.07) is 13.6. The largest absolute Gasteiger partial charge is 0.493 e. The summed E-state index contributed by atoms with van der Waals surface area (Å²) in [5, 5.41) is 26.2. The molecular formula is C46H68O6. The first-order valence-corrected chi connectivity index (χ1v) is 20.9. The van der Waals surface area contributed by atoms with Crippen LogP contribution in [0.5, 0.6) is 23.0 Å². The van der Waals surface area contributed by atoms with E-state index in [2.05, 4.69) is 64.1 Å². The molecule has 0 radical (unpaired) electrons. The Morgan fingerprint density at radius 2 is 0.635 bits per heavy atom. The van der Waals surface area contributed by atoms with Gasteiger partial charge in [0.15, 0.2) is 11.5 Å². The Bertz CT molecular complexity index is 1490. The Hall–Kier alpha value is -3.22. The summed E-state index contributed by atoms with van der Waals surface area (Å²) in [7, 11) is 0. The number of aliphatic hydroxyl groups excluding tert-OH is 2. The summed E-state index contributed by atoms with van der Waals surface area (Å²) >= 11 is 0. The van der Waals surface area contributed by atoms with Gasteiger partial charge in [-0.25, -0.2) is 0 Å². The summed E-state index contributed by atoms with van der Waals surface area (Å²) in [5.41, 5.74) is 2.36. The highest BCUT2D eigenvalue weighted by molar-refractivity contribution is 6.26. The first kappa shape index (κ1) is 41.5. The predicted octanol–water partition coefficient (Wildman–Crippen LogP) is 12.1. The molecule has 0 aliphatic heterocycles. The summed E-state index contributed by atoms with van der Waals surface area (Å²) in [6.45, 7) is 11.9. The van der Waals surface area contributed by atoms with E-state index >= 15 is 0 Å². The zero-order valence-electron chi connectivity index (χ0n) is 33.0. The lowest BCUT2D eigenvalue weighted by Gasteiger charge is -2.20. The van der Waals surface area contributed by atoms with Crippen molar-refractivity contribution >= 4 is 32.3 Å². The van der Waals surface area contributed by atoms with E-state index in [0.29, 0.717) is 26.4 Å². The standard InChI is InChI=1S/C46H68O6/c1-5-9-17-25-49-43-31-39-37(29-35(43)21-13-15-23-47)41-33-45(51-27-19-11-7-3)46(52-28-20-12-8-4)34-42(41)38-30-36(22-14-16-24-48)44(32-40(38)39)50-26-18-10-6-2/h29-34,47-48H,5-28H2,1-4H3. The molecule has 0 aliphatic rings. The van der Waals surface area contributed by atoms with E-state index in [-0.39, 0.29) is 13.2 Å². The van der Waals surface area contributed by atoms with Gasteiger partial charge in [-0.15, -0.1) is 0 Å². The lowest BCUT2D eigenvalue weighted by atomic mass is 9.90. The van der Waals surface area contributed by atoms with Crippen molar-refractivity contribution in [2.24, 2.45) is 0 Å². The topological polar surface area (TPSA) is 77.4 Å². The van der Waals surface area contributed by atoms with Crippen LogP contribution >= 0.6 is 0 Å². The van der Waals surface area contributed by atoms with Crippen LogP contribution < -0.4 is 18.9 Å². The Balaban J connectivity index is 2.01. The Morgan fingerprint density at radius 1 is 0.346 bits per heavy atom. The molecule has 0 aromatic heterocycles. The number of aliphatic hydroxyl groups is 2. The van der Waals surface area contributed by atoms with E-state index < -0.39 is 0 Å². The minimum absolute atomic E-state index is 0.190. The number of fused-ring (bicyclic) bond motifs is 6. The van der Waals surface area contributed by atoms with E-state index in [1.54, 1.807) is 0 Å². The Labute approximate surface area is 314 Å². The van der Waals surface area contributed by atoms with E-state index in [1.165, 1.54) is 21.9 Å². The highest BCUT2D eigenvalue weighted by Gasteiger charge is 2.19. The van der Waals surface area contributed by atoms with Gasteiger partial charge in [-0.1, -0.05) is 79.1 Å². The smallest absolute Gasteiger partial charge is 0.161 e. The first-order chi connectivity index (χ1) is 25.6. The molecule has 6 nitrogen and oxygen atoms in total. The molecule has 0 aliphatic carbocycles. The number of unbranched alkanes of at least 4 members (excludes halogenated alkanes) is 10. The summed E-state index contributed by atoms with van der Waals surface area (Å²) in [6.07, 6.45) is 18.2. The van der Waals surface area contributed by atoms with Crippen LogP contribution in [-0.2, 0) is 12.8 Å². The van der Waals surface area contributed by atoms with Gasteiger partial charge >= 0.3 is 0 Å². The van der Waals surface area contributed by atoms with Crippen molar-refractivity contribution in [3.8, 4) is 23.0 Å². The van der Waals surface area contributed by atoms with Crippen molar-refractivity contribution in [1.29, 1.82) is 0 Å². The van der Waals surface area contributed by atoms with Crippen molar-refractivity contribution in [1.82, 2.24) is 0 Å². The molecule has 52 heavy (non-hydrogen) atoms. The van der Waals surface area contributed by atoms with Gasteiger partial charge < -0.3 is 29.2 Å². The van der Waals surface area contributed by atoms with Gasteiger partial charge in [0.05, 0.1) is 26.4 Å². The molecule has 0 spiro atoms. The summed E-state index contributed by atoms with van der Waals surface area (Å²) in [5.74, 6) is 3.49. The van der Waals surface area contributed by atoms with Gasteiger partial charge in [-0.05, 0) is 144 Å². The second kappa shape index (κ2) is 23.4. The highest BCUT2D eigenvalue weighted by atomic mass is 16.5. The third kappa shape index (κ3) is 11.9. The Morgan fingerprint density at radius 3 is 0.942 bits per heavy atom. The average Bonchev–Trinajstić information content (AvgIpc) is 3.16. The maximum atomic E-state index is 9.62. The van der Waals surface area contributed by atoms with E-state index in [1.807, 2.05) is 0 Å². The maximum absolute atomic E-state index is 9.62. The molecule has 0 unspecified atom stereocenters. The molecule has 0 saturated heterocycles. The van der Waals surface area contributed by atoms with Crippen LogP contribution in [0.3, 0.4) is 0 Å². The van der Waals surface area contributed by atoms with Crippen molar-refractivity contribution in [2.45, 2.75) is 143 Å². The van der Waals surface area contributed by atoms with Crippen LogP contribution in [0.25, 0.3) is 32.3 Å². The maximum Gasteiger partial charge on any atom is 0.161 e. The van der Waals surface area contributed by atoms with Gasteiger partial charge in [-0.2, -0.15) is 0 Å². The van der Waals surface area contributed by atoms with Gasteiger partial charge in [0.1, 0.15) is 11.5 Å². The normalized spacial score (nSPS) is 11.6. The van der Waals surface area contributed by atoms with Crippen LogP contribution in [0.4, 0.5) is 0 Å². The lowest BCUT2D eigenvalue weighted by molar-refractivity contribution is 0.260. The van der Waals surface area contributed by atoms with E-state index in [4.69, 9.17) is 18.9 Å². The van der Waals surface area contributed by atoms with Gasteiger partial charge in [0.25, 0.3) is 0 Å². The summed E-state index contributed by atoms with van der Waals surface area (Å²) in [4.78, 5) is 0. The highest BCUT2D eigenvalue weighted by Crippen LogP contribution is 2.45. The number of hydrogen-bond acceptors (Lipinski definition) is 6. The number of rotatable bonds is 28. The number of aryl methyl sites for hydroxylation is 2. The molecule has 6 heteroatoms. The van der Waals surface area contributed by atoms with Gasteiger partial charge in [0.2, 0.25) is 0 Å². The molecule has 4 aromatic carbocycles. The zero-order chi connectivity index (χ0) is 37.0. The quantitative estimate of drug-likeness (QED) is 0.0450. The second-order valence-corrected chi connectivity index (χ2v) is 14.4. The third-order valence-electron chi connectivity index (χ3n) is 10.1. The number of ether oxygens (including phenoxy) is 4. The molecule has 288 valence electrons. The van der Waals surface area contributed by atoms with Crippen LogP contribution in [0.2, 0.25) is 0 Å². The molecule has 0 bridgehead atoms. The van der Waals surface area contributed by atoms with Crippen molar-refractivity contribution in [2.75, 3.05) is 39.6 Å². The first-order valence-electron chi connectivity index (χ1n) is 20.9. The zero-order valence-corrected chi connectivity index (χ0v) is 33.0. The third-order valence-corrected chi connectivity index (χ3v) is 10.1. The number of hydrogen-bond donors (Lipinski definition) is 2. The molecule has 0 amide bonds. The minimum Gasteiger partial charge on any atom is -0.493 e. The van der Waals surface area contributed by atoms with E-state index in [9.17, 15) is 10.2 Å². The fourth-order valence-corrected chi connectivity index (χ4v) is 7.02. The monoisotopic (exact) mass is 717 g/mol. The van der Waals surface area contributed by atoms with Crippen LogP contribution in [0.1, 0.15) is 142 Å². The van der Waals surface area contributed by atoms with Crippen LogP contribution in [-0.4, -0.2) is 49.9 Å². The second-order valence-electron chi connectivity index (χ2n) is 14.4. The molecule has 2 N–H and O–H groups in total. The molecular weight excluding hydrogens is 649 g/mol. The fourth-order valence-electron chi connectivity index (χ4n) is 7.02. The van der Waals surface area contributed by atoms with Crippen molar-refractivity contribution < 1.29 is 29.2 Å². The van der Waals surface area contributed by atoms with Crippen molar-refractivity contribution in [3.63, 3.8) is 0 Å². The van der Waals surface area contributed by atoms with Gasteiger partial charge in [0, 0.05) is 13.2 Å². The molecule has 0 heterocycles. The minimum atomic E-state index is 0.190. The van der Waals surface area contributed by atoms with Crippen molar-refractivity contribution in [3.05, 3.63) is 47.5 Å². The summed E-state index contributed by atoms with van der Waals surface area (Å²) < 4.78 is 26.2. The molecule has 4 aromatic rings. The molecule has 0 atom stereocenters. The lowest BCUT2D eigenvalue weighted by Crippen LogP contribution is -2.04. The predicted molar refractivity (Wildman–Crippen MR) is 219 cm³/mol. The van der Waals surface area contributed by atoms with Gasteiger partial charge in [-0.3, -0.25) is 0 Å². The van der Waals surface area contributed by atoms with E-state index in [0.717, 1.165) is 160 Å². The average molecular weight is 717 g/mol. The number of benzene rings is 4. The SMILES string of the molecule is CCCCCOc1cc2c(cc1CCCCO)c1cc(OCCCCC)c(OCCCCC)cc1c1cc(CCCCO)c(OCCCCC)cc12.